The molecule has 1 radical (unpaired) electrons. The highest BCUT2D eigenvalue weighted by molar-refractivity contribution is 6.66. The topological polar surface area (TPSA) is 80.2 Å². The van der Waals surface area contributed by atoms with Crippen molar-refractivity contribution in [1.29, 1.82) is 0 Å². The number of carboxylic acid groups (broad SMARTS) is 1. The van der Waals surface area contributed by atoms with Crippen LogP contribution in [0, 0.1) is 0 Å². The number of carboxylic acids is 1. The summed E-state index contributed by atoms with van der Waals surface area (Å²) in [6.45, 7) is 0. The first kappa shape index (κ1) is 25.1. The lowest BCUT2D eigenvalue weighted by Crippen LogP contribution is -2.15. The lowest BCUT2D eigenvalue weighted by Gasteiger charge is -2.14. The lowest BCUT2D eigenvalue weighted by molar-refractivity contribution is -0.139. The van der Waals surface area contributed by atoms with Gasteiger partial charge in [0, 0.05) is 12.6 Å². The Balaban J connectivity index is 1.78. The summed E-state index contributed by atoms with van der Waals surface area (Å²) in [6, 6.07) is 14.4. The maximum atomic E-state index is 13.6. The fourth-order valence-electron chi connectivity index (χ4n) is 3.69. The van der Waals surface area contributed by atoms with Crippen molar-refractivity contribution in [2.45, 2.75) is 44.6 Å². The molecule has 0 aliphatic rings. The minimum absolute atomic E-state index is 0.00711. The monoisotopic (exact) mass is 467 g/mol. The van der Waals surface area contributed by atoms with Crippen molar-refractivity contribution in [2.75, 3.05) is 0 Å². The Morgan fingerprint density at radius 1 is 0.971 bits per heavy atom. The average molecular weight is 467 g/mol. The summed E-state index contributed by atoms with van der Waals surface area (Å²) in [4.78, 5) is 29.7. The zero-order chi connectivity index (χ0) is 24.6. The Kier molecular flexibility index (Phi) is 8.57. The van der Waals surface area contributed by atoms with Gasteiger partial charge in [0.1, 0.15) is 5.82 Å². The Labute approximate surface area is 196 Å². The minimum atomic E-state index is -4.59. The van der Waals surface area contributed by atoms with Crippen LogP contribution in [0.5, 0.6) is 0 Å². The fourth-order valence-corrected chi connectivity index (χ4v) is 3.69. The molecule has 0 aliphatic heterocycles. The van der Waals surface area contributed by atoms with Crippen molar-refractivity contribution in [2.24, 2.45) is 0 Å². The van der Waals surface area contributed by atoms with Crippen LogP contribution in [0.2, 0.25) is 6.32 Å². The van der Waals surface area contributed by atoms with Crippen molar-refractivity contribution in [1.82, 2.24) is 9.97 Å². The molecule has 2 aromatic carbocycles. The van der Waals surface area contributed by atoms with E-state index in [1.165, 1.54) is 0 Å². The number of aliphatic carboxylic acids is 1. The molecule has 3 aromatic rings. The molecule has 175 valence electrons. The van der Waals surface area contributed by atoms with Gasteiger partial charge in [0.25, 0.3) is 0 Å². The zero-order valence-corrected chi connectivity index (χ0v) is 18.4. The number of rotatable bonds is 11. The van der Waals surface area contributed by atoms with Gasteiger partial charge in [-0.1, -0.05) is 54.9 Å². The molecule has 0 fully saturated rings. The van der Waals surface area contributed by atoms with Crippen molar-refractivity contribution in [3.8, 4) is 0 Å². The van der Waals surface area contributed by atoms with Crippen LogP contribution in [0.1, 0.15) is 39.3 Å². The average Bonchev–Trinajstić information content (AvgIpc) is 2.79. The summed E-state index contributed by atoms with van der Waals surface area (Å²) < 4.78 is 40.7. The first-order chi connectivity index (χ1) is 16.3. The van der Waals surface area contributed by atoms with Gasteiger partial charge in [0.15, 0.2) is 7.28 Å². The van der Waals surface area contributed by atoms with Crippen LogP contribution in [-0.2, 0) is 47.9 Å². The van der Waals surface area contributed by atoms with E-state index in [1.54, 1.807) is 31.5 Å². The van der Waals surface area contributed by atoms with Gasteiger partial charge in [0.05, 0.1) is 23.9 Å². The van der Waals surface area contributed by atoms with Crippen molar-refractivity contribution in [3.05, 3.63) is 94.1 Å². The molecule has 0 saturated heterocycles. The van der Waals surface area contributed by atoms with Crippen molar-refractivity contribution >= 4 is 19.4 Å². The maximum Gasteiger partial charge on any atom is 0.419 e. The molecule has 0 saturated carbocycles. The van der Waals surface area contributed by atoms with E-state index in [-0.39, 0.29) is 37.2 Å². The number of nitrogens with zero attached hydrogens (tertiary/aromatic N) is 2. The van der Waals surface area contributed by atoms with Gasteiger partial charge in [-0.2, -0.15) is 13.2 Å². The molecule has 5 nitrogen and oxygen atoms in total. The molecule has 9 heteroatoms. The van der Waals surface area contributed by atoms with Gasteiger partial charge in [-0.05, 0) is 41.5 Å². The SMILES string of the molecule is O=C[B]CCc1ccc(Cc2ncc(C(F)(F)F)c(CCc3ccccc3CC(=O)O)n2)cc1. The molecule has 0 unspecified atom stereocenters. The number of aromatic nitrogens is 2. The zero-order valence-electron chi connectivity index (χ0n) is 18.4. The Morgan fingerprint density at radius 3 is 2.29 bits per heavy atom. The number of benzene rings is 2. The summed E-state index contributed by atoms with van der Waals surface area (Å²) in [6.07, 6.45) is -1.31. The predicted molar refractivity (Wildman–Crippen MR) is 122 cm³/mol. The van der Waals surface area contributed by atoms with E-state index < -0.39 is 17.7 Å². The molecular weight excluding hydrogens is 444 g/mol. The molecule has 0 bridgehead atoms. The standard InChI is InChI=1S/C25H23BF3N2O3/c27-25(28,29)21-15-30-23(13-18-7-5-17(6-8-18)11-12-26-16-32)31-22(21)10-9-19-3-1-2-4-20(19)14-24(33)34/h1-8,15-16H,9-14H2,(H,33,34). The number of alkyl halides is 3. The van der Waals surface area contributed by atoms with Gasteiger partial charge in [-0.3, -0.25) is 4.79 Å². The van der Waals surface area contributed by atoms with Crippen molar-refractivity contribution in [3.63, 3.8) is 0 Å². The number of hydrogen-bond acceptors (Lipinski definition) is 4. The molecule has 0 amide bonds. The third-order valence-electron chi connectivity index (χ3n) is 5.40. The normalized spacial score (nSPS) is 11.3. The van der Waals surface area contributed by atoms with E-state index >= 15 is 0 Å². The summed E-state index contributed by atoms with van der Waals surface area (Å²) >= 11 is 0. The van der Waals surface area contributed by atoms with E-state index in [4.69, 9.17) is 5.11 Å². The summed E-state index contributed by atoms with van der Waals surface area (Å²) in [5.41, 5.74) is 2.18. The number of carbonyl (C=O) groups is 2. The Morgan fingerprint density at radius 2 is 1.65 bits per heavy atom. The highest BCUT2D eigenvalue weighted by Crippen LogP contribution is 2.31. The van der Waals surface area contributed by atoms with Gasteiger partial charge in [-0.25, -0.2) is 9.97 Å². The highest BCUT2D eigenvalue weighted by atomic mass is 19.4. The molecule has 1 heterocycles. The van der Waals surface area contributed by atoms with Crippen LogP contribution in [0.3, 0.4) is 0 Å². The van der Waals surface area contributed by atoms with Gasteiger partial charge >= 0.3 is 12.1 Å². The molecule has 0 spiro atoms. The number of carbonyl (C=O) groups excluding carboxylic acids is 1. The molecule has 1 aromatic heterocycles. The predicted octanol–water partition coefficient (Wildman–Crippen LogP) is 4.35. The molecule has 0 atom stereocenters. The third kappa shape index (κ3) is 7.26. The summed E-state index contributed by atoms with van der Waals surface area (Å²) in [5, 5.41) is 9.09. The second-order valence-electron chi connectivity index (χ2n) is 7.89. The lowest BCUT2D eigenvalue weighted by atomic mass is 9.75. The highest BCUT2D eigenvalue weighted by Gasteiger charge is 2.34. The quantitative estimate of drug-likeness (QED) is 0.258. The number of halogens is 3. The first-order valence-corrected chi connectivity index (χ1v) is 10.8. The molecular formula is C25H23BF3N2O3. The van der Waals surface area contributed by atoms with Crippen LogP contribution < -0.4 is 0 Å². The van der Waals surface area contributed by atoms with Crippen LogP contribution in [0.4, 0.5) is 13.2 Å². The van der Waals surface area contributed by atoms with Crippen LogP contribution in [-0.4, -0.2) is 34.5 Å². The Hall–Kier alpha value is -3.49. The van der Waals surface area contributed by atoms with E-state index in [2.05, 4.69) is 9.97 Å². The van der Waals surface area contributed by atoms with Gasteiger partial charge in [0.2, 0.25) is 0 Å². The number of aryl methyl sites for hydroxylation is 3. The summed E-state index contributed by atoms with van der Waals surface area (Å²) in [7, 11) is 1.55. The minimum Gasteiger partial charge on any atom is -0.481 e. The van der Waals surface area contributed by atoms with Gasteiger partial charge in [-0.15, -0.1) is 0 Å². The van der Waals surface area contributed by atoms with Crippen molar-refractivity contribution < 1.29 is 27.9 Å². The maximum absolute atomic E-state index is 13.6. The van der Waals surface area contributed by atoms with E-state index in [9.17, 15) is 22.8 Å². The van der Waals surface area contributed by atoms with E-state index in [0.717, 1.165) is 29.9 Å². The molecule has 1 N–H and O–H groups in total. The first-order valence-electron chi connectivity index (χ1n) is 10.8. The molecule has 0 aliphatic carbocycles. The smallest absolute Gasteiger partial charge is 0.419 e. The molecule has 3 rings (SSSR count). The number of hydrogen-bond donors (Lipinski definition) is 1. The van der Waals surface area contributed by atoms with Crippen LogP contribution in [0.25, 0.3) is 0 Å². The van der Waals surface area contributed by atoms with E-state index in [1.807, 2.05) is 24.3 Å². The second kappa shape index (κ2) is 11.6. The third-order valence-corrected chi connectivity index (χ3v) is 5.40. The molecule has 34 heavy (non-hydrogen) atoms. The van der Waals surface area contributed by atoms with Crippen LogP contribution in [0.15, 0.2) is 54.7 Å². The fraction of sp³-hybridized carbons (Fsp3) is 0.280. The van der Waals surface area contributed by atoms with Gasteiger partial charge < -0.3 is 9.90 Å². The van der Waals surface area contributed by atoms with E-state index in [0.29, 0.717) is 17.4 Å². The largest absolute Gasteiger partial charge is 0.481 e. The Bertz CT molecular complexity index is 1130. The summed E-state index contributed by atoms with van der Waals surface area (Å²) in [5.74, 6) is -0.718. The van der Waals surface area contributed by atoms with Crippen LogP contribution >= 0.6 is 0 Å². The second-order valence-corrected chi connectivity index (χ2v) is 7.89.